The minimum atomic E-state index is 0.897. The van der Waals surface area contributed by atoms with Crippen LogP contribution in [0.5, 0.6) is 0 Å². The molecule has 0 saturated heterocycles. The van der Waals surface area contributed by atoms with Gasteiger partial charge in [0.25, 0.3) is 0 Å². The van der Waals surface area contributed by atoms with Crippen LogP contribution in [-0.4, -0.2) is 0 Å². The van der Waals surface area contributed by atoms with E-state index in [0.717, 1.165) is 49.8 Å². The van der Waals surface area contributed by atoms with E-state index in [0.29, 0.717) is 0 Å². The molecular weight excluding hydrogens is 615 g/mol. The van der Waals surface area contributed by atoms with Crippen molar-refractivity contribution in [1.29, 1.82) is 0 Å². The van der Waals surface area contributed by atoms with Crippen molar-refractivity contribution in [3.63, 3.8) is 0 Å². The predicted octanol–water partition coefficient (Wildman–Crippen LogP) is 13.9. The summed E-state index contributed by atoms with van der Waals surface area (Å²) in [5.74, 6) is 0. The molecule has 0 aliphatic heterocycles. The van der Waals surface area contributed by atoms with Gasteiger partial charge in [0.15, 0.2) is 0 Å². The van der Waals surface area contributed by atoms with Gasteiger partial charge in [-0.05, 0) is 82.2 Å². The van der Waals surface area contributed by atoms with E-state index in [4.69, 9.17) is 4.42 Å². The topological polar surface area (TPSA) is 16.4 Å². The van der Waals surface area contributed by atoms with Gasteiger partial charge >= 0.3 is 0 Å². The molecule has 0 saturated carbocycles. The Bertz CT molecular complexity index is 2810. The van der Waals surface area contributed by atoms with E-state index in [-0.39, 0.29) is 0 Å². The molecule has 0 atom stereocenters. The Morgan fingerprint density at radius 2 is 1.06 bits per heavy atom. The Kier molecular flexibility index (Phi) is 6.39. The second-order valence-electron chi connectivity index (χ2n) is 12.5. The number of fused-ring (bicyclic) bond motifs is 8. The number of hydrogen-bond donors (Lipinski definition) is 0. The van der Waals surface area contributed by atoms with E-state index in [1.807, 2.05) is 11.3 Å². The summed E-state index contributed by atoms with van der Waals surface area (Å²) in [6.07, 6.45) is 0. The lowest BCUT2D eigenvalue weighted by Gasteiger charge is -2.26. The minimum Gasteiger partial charge on any atom is -0.455 e. The molecule has 10 rings (SSSR count). The average molecular weight is 644 g/mol. The number of benzene rings is 8. The van der Waals surface area contributed by atoms with Crippen LogP contribution in [0.15, 0.2) is 180 Å². The molecule has 2 heterocycles. The fourth-order valence-electron chi connectivity index (χ4n) is 7.35. The largest absolute Gasteiger partial charge is 0.455 e. The number of para-hydroxylation sites is 1. The lowest BCUT2D eigenvalue weighted by molar-refractivity contribution is 0.673. The van der Waals surface area contributed by atoms with Crippen molar-refractivity contribution in [1.82, 2.24) is 0 Å². The summed E-state index contributed by atoms with van der Waals surface area (Å²) in [4.78, 5) is 2.37. The normalized spacial score (nSPS) is 11.7. The molecule has 2 aromatic heterocycles. The van der Waals surface area contributed by atoms with Crippen molar-refractivity contribution < 1.29 is 4.42 Å². The van der Waals surface area contributed by atoms with Gasteiger partial charge in [-0.15, -0.1) is 11.3 Å². The molecule has 0 fully saturated rings. The van der Waals surface area contributed by atoms with E-state index in [1.54, 1.807) is 0 Å². The van der Waals surface area contributed by atoms with Crippen molar-refractivity contribution in [3.8, 4) is 22.3 Å². The van der Waals surface area contributed by atoms with Crippen LogP contribution in [0.1, 0.15) is 0 Å². The molecule has 0 N–H and O–H groups in total. The summed E-state index contributed by atoms with van der Waals surface area (Å²) in [5, 5.41) is 7.20. The first-order valence-corrected chi connectivity index (χ1v) is 17.4. The summed E-state index contributed by atoms with van der Waals surface area (Å²) < 4.78 is 9.25. The Morgan fingerprint density at radius 1 is 0.408 bits per heavy atom. The third-order valence-corrected chi connectivity index (χ3v) is 10.9. The van der Waals surface area contributed by atoms with Crippen LogP contribution in [0.2, 0.25) is 0 Å². The highest BCUT2D eigenvalue weighted by atomic mass is 32.1. The van der Waals surface area contributed by atoms with E-state index in [2.05, 4.69) is 181 Å². The molecule has 0 aliphatic carbocycles. The first-order valence-electron chi connectivity index (χ1n) is 16.6. The quantitative estimate of drug-likeness (QED) is 0.186. The molecule has 49 heavy (non-hydrogen) atoms. The lowest BCUT2D eigenvalue weighted by atomic mass is 9.95. The molecular formula is C46H29NOS. The fourth-order valence-corrected chi connectivity index (χ4v) is 8.56. The van der Waals surface area contributed by atoms with Crippen LogP contribution in [0, 0.1) is 0 Å². The van der Waals surface area contributed by atoms with Gasteiger partial charge in [0, 0.05) is 43.0 Å². The maximum absolute atomic E-state index is 6.66. The van der Waals surface area contributed by atoms with E-state index in [9.17, 15) is 0 Å². The number of anilines is 3. The highest BCUT2D eigenvalue weighted by Crippen LogP contribution is 2.45. The van der Waals surface area contributed by atoms with Gasteiger partial charge in [-0.1, -0.05) is 121 Å². The lowest BCUT2D eigenvalue weighted by Crippen LogP contribution is -2.09. The molecule has 0 spiro atoms. The van der Waals surface area contributed by atoms with Gasteiger partial charge in [0.2, 0.25) is 0 Å². The van der Waals surface area contributed by atoms with Gasteiger partial charge in [0.1, 0.15) is 11.2 Å². The molecule has 230 valence electrons. The highest BCUT2D eigenvalue weighted by Gasteiger charge is 2.19. The Morgan fingerprint density at radius 3 is 1.88 bits per heavy atom. The third kappa shape index (κ3) is 4.55. The zero-order chi connectivity index (χ0) is 32.3. The van der Waals surface area contributed by atoms with Crippen molar-refractivity contribution in [3.05, 3.63) is 176 Å². The zero-order valence-electron chi connectivity index (χ0n) is 26.5. The second-order valence-corrected chi connectivity index (χ2v) is 13.5. The van der Waals surface area contributed by atoms with Crippen molar-refractivity contribution in [2.45, 2.75) is 0 Å². The molecule has 0 bridgehead atoms. The summed E-state index contributed by atoms with van der Waals surface area (Å²) in [5.41, 5.74) is 9.97. The maximum Gasteiger partial charge on any atom is 0.143 e. The maximum atomic E-state index is 6.66. The van der Waals surface area contributed by atoms with Crippen molar-refractivity contribution in [2.24, 2.45) is 0 Å². The number of nitrogens with zero attached hydrogens (tertiary/aromatic N) is 1. The molecule has 0 aliphatic rings. The Balaban J connectivity index is 1.08. The van der Waals surface area contributed by atoms with Crippen LogP contribution in [0.25, 0.3) is 75.1 Å². The molecule has 0 amide bonds. The van der Waals surface area contributed by atoms with Gasteiger partial charge in [-0.2, -0.15) is 0 Å². The van der Waals surface area contributed by atoms with Gasteiger partial charge in [-0.3, -0.25) is 0 Å². The van der Waals surface area contributed by atoms with Crippen molar-refractivity contribution in [2.75, 3.05) is 4.90 Å². The summed E-state index contributed by atoms with van der Waals surface area (Å²) >= 11 is 1.86. The number of rotatable bonds is 5. The van der Waals surface area contributed by atoms with Gasteiger partial charge < -0.3 is 9.32 Å². The second kappa shape index (κ2) is 11.2. The fraction of sp³-hybridized carbons (Fsp3) is 0. The van der Waals surface area contributed by atoms with Crippen LogP contribution < -0.4 is 4.90 Å². The Labute approximate surface area is 287 Å². The average Bonchev–Trinajstić information content (AvgIpc) is 3.74. The third-order valence-electron chi connectivity index (χ3n) is 9.66. The predicted molar refractivity (Wildman–Crippen MR) is 210 cm³/mol. The van der Waals surface area contributed by atoms with Crippen LogP contribution in [-0.2, 0) is 0 Å². The van der Waals surface area contributed by atoms with Crippen LogP contribution in [0.3, 0.4) is 0 Å². The molecule has 2 nitrogen and oxygen atoms in total. The van der Waals surface area contributed by atoms with Gasteiger partial charge in [0.05, 0.1) is 10.4 Å². The molecule has 0 radical (unpaired) electrons. The molecule has 0 unspecified atom stereocenters. The first kappa shape index (κ1) is 27.9. The molecule has 3 heteroatoms. The summed E-state index contributed by atoms with van der Waals surface area (Å²) in [6, 6.07) is 63.0. The van der Waals surface area contributed by atoms with E-state index in [1.165, 1.54) is 42.4 Å². The van der Waals surface area contributed by atoms with Crippen LogP contribution >= 0.6 is 11.3 Å². The van der Waals surface area contributed by atoms with Crippen LogP contribution in [0.4, 0.5) is 17.1 Å². The SMILES string of the molecule is c1ccc(-c2cc3c4ccc(-c5ccc(N(c6ccccc6)c6cccc7c6sc6ccccc67)cc5)cc4oc3c3ccccc23)cc1. The number of thiophene rings is 1. The smallest absolute Gasteiger partial charge is 0.143 e. The van der Waals surface area contributed by atoms with Crippen molar-refractivity contribution >= 4 is 81.3 Å². The Hall–Kier alpha value is -6.16. The zero-order valence-corrected chi connectivity index (χ0v) is 27.3. The monoisotopic (exact) mass is 643 g/mol. The summed E-state index contributed by atoms with van der Waals surface area (Å²) in [7, 11) is 0. The van der Waals surface area contributed by atoms with E-state index >= 15 is 0 Å². The number of hydrogen-bond acceptors (Lipinski definition) is 3. The summed E-state index contributed by atoms with van der Waals surface area (Å²) in [6.45, 7) is 0. The molecule has 10 aromatic rings. The first-order chi connectivity index (χ1) is 24.3. The standard InChI is InChI=1S/C46H29NOS/c1-3-12-31(13-4-1)40-29-41-36-27-24-32(28-43(36)48-45(41)38-18-8-7-16-35(38)40)30-22-25-34(26-23-30)47(33-14-5-2-6-15-33)42-20-11-19-39-37-17-9-10-21-44(37)49-46(39)42/h1-29H. The highest BCUT2D eigenvalue weighted by molar-refractivity contribution is 7.26. The van der Waals surface area contributed by atoms with Gasteiger partial charge in [-0.25, -0.2) is 0 Å². The minimum absolute atomic E-state index is 0.897. The van der Waals surface area contributed by atoms with E-state index < -0.39 is 0 Å². The number of furan rings is 1. The molecule has 8 aromatic carbocycles.